The summed E-state index contributed by atoms with van der Waals surface area (Å²) in [6, 6.07) is 15.0. The van der Waals surface area contributed by atoms with Crippen LogP contribution in [-0.2, 0) is 4.79 Å². The number of nitrogens with zero attached hydrogens (tertiary/aromatic N) is 3. The third-order valence-corrected chi connectivity index (χ3v) is 5.62. The van der Waals surface area contributed by atoms with Gasteiger partial charge in [0.2, 0.25) is 4.96 Å². The first-order chi connectivity index (χ1) is 13.5. The molecule has 9 heteroatoms. The number of nitrogens with one attached hydrogen (secondary N) is 1. The van der Waals surface area contributed by atoms with E-state index < -0.39 is 6.10 Å². The molecule has 2 aromatic carbocycles. The lowest BCUT2D eigenvalue weighted by Gasteiger charge is -2.14. The molecule has 0 aliphatic carbocycles. The average Bonchev–Trinajstić information content (AvgIpc) is 3.24. The first-order valence-corrected chi connectivity index (χ1v) is 10.4. The van der Waals surface area contributed by atoms with Crippen molar-refractivity contribution in [1.82, 2.24) is 14.6 Å². The molecule has 0 aliphatic heterocycles. The zero-order valence-corrected chi connectivity index (χ0v) is 17.8. The van der Waals surface area contributed by atoms with Gasteiger partial charge < -0.3 is 4.74 Å². The van der Waals surface area contributed by atoms with Gasteiger partial charge in [-0.15, -0.1) is 16.4 Å². The van der Waals surface area contributed by atoms with Gasteiger partial charge >= 0.3 is 0 Å². The van der Waals surface area contributed by atoms with Gasteiger partial charge in [0.15, 0.2) is 6.10 Å². The predicted molar refractivity (Wildman–Crippen MR) is 114 cm³/mol. The van der Waals surface area contributed by atoms with Crippen molar-refractivity contribution in [2.45, 2.75) is 13.0 Å². The van der Waals surface area contributed by atoms with Crippen molar-refractivity contribution >= 4 is 55.7 Å². The van der Waals surface area contributed by atoms with Gasteiger partial charge in [0.1, 0.15) is 5.75 Å². The van der Waals surface area contributed by atoms with Gasteiger partial charge in [-0.05, 0) is 41.1 Å². The highest BCUT2D eigenvalue weighted by atomic mass is 79.9. The van der Waals surface area contributed by atoms with Crippen molar-refractivity contribution in [2.75, 3.05) is 5.32 Å². The molecule has 2 aromatic heterocycles. The molecule has 0 bridgehead atoms. The Kier molecular flexibility index (Phi) is 5.34. The Balaban J connectivity index is 1.50. The van der Waals surface area contributed by atoms with E-state index in [0.717, 1.165) is 11.3 Å². The van der Waals surface area contributed by atoms with Crippen molar-refractivity contribution in [3.05, 3.63) is 63.4 Å². The summed E-state index contributed by atoms with van der Waals surface area (Å²) in [5.74, 6) is 0.415. The minimum Gasteiger partial charge on any atom is -0.480 e. The fourth-order valence-electron chi connectivity index (χ4n) is 2.57. The van der Waals surface area contributed by atoms with Gasteiger partial charge in [-0.3, -0.25) is 10.1 Å². The van der Waals surface area contributed by atoms with Crippen molar-refractivity contribution < 1.29 is 9.53 Å². The second-order valence-electron chi connectivity index (χ2n) is 5.94. The first-order valence-electron chi connectivity index (χ1n) is 8.33. The van der Waals surface area contributed by atoms with Crippen molar-refractivity contribution in [3.8, 4) is 17.0 Å². The van der Waals surface area contributed by atoms with Crippen LogP contribution in [0.25, 0.3) is 16.2 Å². The number of aromatic nitrogens is 3. The van der Waals surface area contributed by atoms with Crippen LogP contribution in [0.3, 0.4) is 0 Å². The van der Waals surface area contributed by atoms with Gasteiger partial charge in [-0.25, -0.2) is 4.52 Å². The second kappa shape index (κ2) is 7.90. The number of hydrogen-bond acceptors (Lipinski definition) is 5. The van der Waals surface area contributed by atoms with Crippen molar-refractivity contribution in [2.24, 2.45) is 0 Å². The molecule has 0 saturated carbocycles. The molecule has 4 aromatic rings. The molecule has 0 aliphatic rings. The molecule has 28 heavy (non-hydrogen) atoms. The number of hydrogen-bond donors (Lipinski definition) is 1. The third-order valence-electron chi connectivity index (χ3n) is 3.95. The molecule has 0 saturated heterocycles. The summed E-state index contributed by atoms with van der Waals surface area (Å²) < 4.78 is 8.10. The lowest BCUT2D eigenvalue weighted by atomic mass is 10.2. The lowest BCUT2D eigenvalue weighted by Crippen LogP contribution is -2.30. The minimum atomic E-state index is -0.743. The molecular formula is C19H14BrClN4O2S. The number of halogens is 2. The van der Waals surface area contributed by atoms with Gasteiger partial charge in [0.05, 0.1) is 10.2 Å². The Morgan fingerprint density at radius 3 is 2.82 bits per heavy atom. The van der Waals surface area contributed by atoms with Crippen LogP contribution in [0.1, 0.15) is 6.92 Å². The Hall–Kier alpha value is -2.42. The van der Waals surface area contributed by atoms with Gasteiger partial charge in [0, 0.05) is 16.0 Å². The first kappa shape index (κ1) is 18.9. The largest absolute Gasteiger partial charge is 0.480 e. The van der Waals surface area contributed by atoms with Crippen molar-refractivity contribution in [1.29, 1.82) is 0 Å². The fraction of sp³-hybridized carbons (Fsp3) is 0.105. The zero-order chi connectivity index (χ0) is 19.7. The summed E-state index contributed by atoms with van der Waals surface area (Å²) in [5.41, 5.74) is 1.95. The van der Waals surface area contributed by atoms with E-state index in [1.165, 1.54) is 11.3 Å². The number of carbonyl (C=O) groups is 1. The number of fused-ring (bicyclic) bond motifs is 1. The molecule has 142 valence electrons. The van der Waals surface area contributed by atoms with E-state index in [9.17, 15) is 4.79 Å². The smallest absolute Gasteiger partial charge is 0.267 e. The van der Waals surface area contributed by atoms with E-state index in [0.29, 0.717) is 20.2 Å². The fourth-order valence-corrected chi connectivity index (χ4v) is 4.18. The summed E-state index contributed by atoms with van der Waals surface area (Å²) in [5, 5.41) is 9.68. The molecule has 2 heterocycles. The van der Waals surface area contributed by atoms with Gasteiger partial charge in [-0.2, -0.15) is 4.98 Å². The molecule has 1 amide bonds. The Morgan fingerprint density at radius 1 is 1.29 bits per heavy atom. The number of anilines is 1. The van der Waals surface area contributed by atoms with E-state index in [1.807, 2.05) is 35.7 Å². The Bertz CT molecular complexity index is 1150. The van der Waals surface area contributed by atoms with Gasteiger partial charge in [0.25, 0.3) is 11.9 Å². The summed E-state index contributed by atoms with van der Waals surface area (Å²) >= 11 is 10.8. The Labute approximate surface area is 178 Å². The van der Waals surface area contributed by atoms with E-state index in [-0.39, 0.29) is 11.9 Å². The van der Waals surface area contributed by atoms with E-state index in [4.69, 9.17) is 16.3 Å². The van der Waals surface area contributed by atoms with Gasteiger partial charge in [-0.1, -0.05) is 41.9 Å². The van der Waals surface area contributed by atoms with Crippen LogP contribution in [0.2, 0.25) is 5.02 Å². The molecular weight excluding hydrogens is 464 g/mol. The molecule has 1 atom stereocenters. The van der Waals surface area contributed by atoms with E-state index in [1.54, 1.807) is 29.6 Å². The van der Waals surface area contributed by atoms with E-state index >= 15 is 0 Å². The summed E-state index contributed by atoms with van der Waals surface area (Å²) in [6.45, 7) is 1.66. The molecule has 6 nitrogen and oxygen atoms in total. The maximum atomic E-state index is 12.5. The number of ether oxygens (including phenoxy) is 1. The van der Waals surface area contributed by atoms with Crippen LogP contribution in [0.4, 0.5) is 5.95 Å². The predicted octanol–water partition coefficient (Wildman–Crippen LogP) is 5.28. The van der Waals surface area contributed by atoms with Crippen LogP contribution >= 0.6 is 38.9 Å². The van der Waals surface area contributed by atoms with Crippen LogP contribution in [0, 0.1) is 0 Å². The standard InChI is InChI=1S/C19H14BrClN4O2S/c1-11(27-16-8-7-13(21)9-14(16)20)17(26)22-18-23-19-25(24-18)15(10-28-19)12-5-3-2-4-6-12/h2-11H,1H3,(H,22,24,26). The maximum absolute atomic E-state index is 12.5. The monoisotopic (exact) mass is 476 g/mol. The number of carbonyl (C=O) groups excluding carboxylic acids is 1. The van der Waals surface area contributed by atoms with E-state index in [2.05, 4.69) is 31.3 Å². The zero-order valence-electron chi connectivity index (χ0n) is 14.6. The maximum Gasteiger partial charge on any atom is 0.267 e. The normalized spacial score (nSPS) is 12.1. The van der Waals surface area contributed by atoms with Crippen LogP contribution < -0.4 is 10.1 Å². The highest BCUT2D eigenvalue weighted by molar-refractivity contribution is 9.10. The number of rotatable bonds is 5. The molecule has 0 fully saturated rings. The second-order valence-corrected chi connectivity index (χ2v) is 8.07. The summed E-state index contributed by atoms with van der Waals surface area (Å²) in [7, 11) is 0. The lowest BCUT2D eigenvalue weighted by molar-refractivity contribution is -0.122. The molecule has 0 radical (unpaired) electrons. The SMILES string of the molecule is CC(Oc1ccc(Cl)cc1Br)C(=O)Nc1nc2scc(-c3ccccc3)n2n1. The minimum absolute atomic E-state index is 0.236. The van der Waals surface area contributed by atoms with Crippen LogP contribution in [0.5, 0.6) is 5.75 Å². The third kappa shape index (κ3) is 3.89. The quantitative estimate of drug-likeness (QED) is 0.425. The highest BCUT2D eigenvalue weighted by Gasteiger charge is 2.19. The topological polar surface area (TPSA) is 68.5 Å². The summed E-state index contributed by atoms with van der Waals surface area (Å²) in [6.07, 6.45) is -0.743. The number of amides is 1. The van der Waals surface area contributed by atoms with Crippen molar-refractivity contribution in [3.63, 3.8) is 0 Å². The Morgan fingerprint density at radius 2 is 2.07 bits per heavy atom. The molecule has 4 rings (SSSR count). The molecule has 0 spiro atoms. The number of thiazole rings is 1. The van der Waals surface area contributed by atoms with Crippen LogP contribution in [0.15, 0.2) is 58.4 Å². The molecule has 1 unspecified atom stereocenters. The summed E-state index contributed by atoms with van der Waals surface area (Å²) in [4.78, 5) is 17.6. The number of benzene rings is 2. The van der Waals surface area contributed by atoms with Crippen LogP contribution in [-0.4, -0.2) is 26.6 Å². The molecule has 1 N–H and O–H groups in total. The average molecular weight is 478 g/mol. The highest BCUT2D eigenvalue weighted by Crippen LogP contribution is 2.29.